The second-order valence-electron chi connectivity index (χ2n) is 4.27. The standard InChI is InChI=1S/C11H19ClN2O3S/c1-4-17-7-5-6-14-8-10(18(12,15)16)13-11(14)9(2)3/h8-9H,4-7H2,1-3H3. The lowest BCUT2D eigenvalue weighted by atomic mass is 10.2. The molecule has 0 fully saturated rings. The van der Waals surface area contributed by atoms with Crippen LogP contribution in [-0.2, 0) is 20.3 Å². The minimum absolute atomic E-state index is 0.0794. The van der Waals surface area contributed by atoms with Crippen LogP contribution in [0.15, 0.2) is 11.2 Å². The maximum absolute atomic E-state index is 11.3. The lowest BCUT2D eigenvalue weighted by molar-refractivity contribution is 0.141. The van der Waals surface area contributed by atoms with Gasteiger partial charge >= 0.3 is 0 Å². The molecule has 0 saturated heterocycles. The summed E-state index contributed by atoms with van der Waals surface area (Å²) < 4.78 is 29.6. The third-order valence-electron chi connectivity index (χ3n) is 2.44. The van der Waals surface area contributed by atoms with Crippen molar-refractivity contribution in [3.8, 4) is 0 Å². The Bertz CT molecular complexity index is 482. The molecule has 1 aromatic heterocycles. The summed E-state index contributed by atoms with van der Waals surface area (Å²) in [5.74, 6) is 0.870. The molecule has 0 aromatic carbocycles. The average Bonchev–Trinajstić information content (AvgIpc) is 2.68. The number of aryl methyl sites for hydroxylation is 1. The molecule has 18 heavy (non-hydrogen) atoms. The summed E-state index contributed by atoms with van der Waals surface area (Å²) in [5, 5.41) is -0.0794. The van der Waals surface area contributed by atoms with Crippen LogP contribution in [0.1, 0.15) is 38.9 Å². The Morgan fingerprint density at radius 1 is 1.50 bits per heavy atom. The number of rotatable bonds is 7. The van der Waals surface area contributed by atoms with Gasteiger partial charge in [0.05, 0.1) is 0 Å². The summed E-state index contributed by atoms with van der Waals surface area (Å²) in [6, 6.07) is 0. The first-order valence-electron chi connectivity index (χ1n) is 5.95. The highest BCUT2D eigenvalue weighted by Gasteiger charge is 2.19. The van der Waals surface area contributed by atoms with Crippen molar-refractivity contribution >= 4 is 19.7 Å². The monoisotopic (exact) mass is 294 g/mol. The summed E-state index contributed by atoms with van der Waals surface area (Å²) in [6.07, 6.45) is 2.30. The van der Waals surface area contributed by atoms with Gasteiger partial charge in [0.15, 0.2) is 5.03 Å². The van der Waals surface area contributed by atoms with Crippen molar-refractivity contribution < 1.29 is 13.2 Å². The van der Waals surface area contributed by atoms with Crippen LogP contribution in [-0.4, -0.2) is 31.2 Å². The smallest absolute Gasteiger partial charge is 0.280 e. The number of imidazole rings is 1. The summed E-state index contributed by atoms with van der Waals surface area (Å²) in [5.41, 5.74) is 0. The zero-order valence-electron chi connectivity index (χ0n) is 10.9. The van der Waals surface area contributed by atoms with Crippen LogP contribution in [0.5, 0.6) is 0 Å². The molecule has 7 heteroatoms. The fraction of sp³-hybridized carbons (Fsp3) is 0.727. The fourth-order valence-electron chi connectivity index (χ4n) is 1.64. The maximum Gasteiger partial charge on any atom is 0.280 e. The first kappa shape index (κ1) is 15.5. The predicted molar refractivity (Wildman–Crippen MR) is 70.5 cm³/mol. The van der Waals surface area contributed by atoms with Gasteiger partial charge in [0.2, 0.25) is 0 Å². The van der Waals surface area contributed by atoms with Crippen LogP contribution in [0.4, 0.5) is 0 Å². The predicted octanol–water partition coefficient (Wildman–Crippen LogP) is 2.36. The van der Waals surface area contributed by atoms with E-state index in [4.69, 9.17) is 15.4 Å². The molecule has 0 radical (unpaired) electrons. The molecule has 0 unspecified atom stereocenters. The number of nitrogens with zero attached hydrogens (tertiary/aromatic N) is 2. The van der Waals surface area contributed by atoms with Crippen molar-refractivity contribution in [2.45, 2.75) is 44.7 Å². The number of hydrogen-bond acceptors (Lipinski definition) is 4. The quantitative estimate of drug-likeness (QED) is 0.572. The number of aromatic nitrogens is 2. The normalized spacial score (nSPS) is 12.3. The second-order valence-corrected chi connectivity index (χ2v) is 6.79. The first-order valence-corrected chi connectivity index (χ1v) is 8.26. The number of ether oxygens (including phenoxy) is 1. The lowest BCUT2D eigenvalue weighted by Crippen LogP contribution is -2.07. The molecule has 0 N–H and O–H groups in total. The molecule has 0 spiro atoms. The van der Waals surface area contributed by atoms with Crippen LogP contribution in [0, 0.1) is 0 Å². The van der Waals surface area contributed by atoms with Gasteiger partial charge in [0.1, 0.15) is 5.82 Å². The van der Waals surface area contributed by atoms with Crippen molar-refractivity contribution in [1.82, 2.24) is 9.55 Å². The third kappa shape index (κ3) is 4.26. The Morgan fingerprint density at radius 2 is 2.17 bits per heavy atom. The van der Waals surface area contributed by atoms with Gasteiger partial charge in [-0.05, 0) is 13.3 Å². The summed E-state index contributed by atoms with van der Waals surface area (Å²) in [6.45, 7) is 7.87. The lowest BCUT2D eigenvalue weighted by Gasteiger charge is -2.09. The molecule has 104 valence electrons. The molecular formula is C11H19ClN2O3S. The third-order valence-corrected chi connectivity index (χ3v) is 3.61. The minimum atomic E-state index is -3.76. The highest BCUT2D eigenvalue weighted by molar-refractivity contribution is 8.13. The van der Waals surface area contributed by atoms with Gasteiger partial charge in [-0.1, -0.05) is 13.8 Å². The van der Waals surface area contributed by atoms with Crippen LogP contribution in [0.2, 0.25) is 0 Å². The number of hydrogen-bond donors (Lipinski definition) is 0. The highest BCUT2D eigenvalue weighted by Crippen LogP contribution is 2.20. The van der Waals surface area contributed by atoms with E-state index in [1.54, 1.807) is 0 Å². The van der Waals surface area contributed by atoms with E-state index >= 15 is 0 Å². The van der Waals surface area contributed by atoms with Gasteiger partial charge in [-0.2, -0.15) is 0 Å². The van der Waals surface area contributed by atoms with Crippen LogP contribution in [0.25, 0.3) is 0 Å². The van der Waals surface area contributed by atoms with Gasteiger partial charge in [0, 0.05) is 42.6 Å². The van der Waals surface area contributed by atoms with E-state index in [9.17, 15) is 8.42 Å². The topological polar surface area (TPSA) is 61.2 Å². The van der Waals surface area contributed by atoms with Crippen molar-refractivity contribution in [1.29, 1.82) is 0 Å². The number of halogens is 1. The zero-order valence-corrected chi connectivity index (χ0v) is 12.5. The van der Waals surface area contributed by atoms with E-state index in [1.165, 1.54) is 6.20 Å². The molecule has 1 heterocycles. The summed E-state index contributed by atoms with van der Waals surface area (Å²) in [4.78, 5) is 4.08. The molecule has 0 saturated carbocycles. The van der Waals surface area contributed by atoms with Gasteiger partial charge in [-0.25, -0.2) is 13.4 Å². The Morgan fingerprint density at radius 3 is 2.67 bits per heavy atom. The molecule has 0 aliphatic carbocycles. The van der Waals surface area contributed by atoms with Crippen molar-refractivity contribution in [2.24, 2.45) is 0 Å². The average molecular weight is 295 g/mol. The fourth-order valence-corrected chi connectivity index (χ4v) is 2.32. The van der Waals surface area contributed by atoms with Gasteiger partial charge < -0.3 is 9.30 Å². The zero-order chi connectivity index (χ0) is 13.8. The molecular weight excluding hydrogens is 276 g/mol. The molecule has 0 atom stereocenters. The highest BCUT2D eigenvalue weighted by atomic mass is 35.7. The van der Waals surface area contributed by atoms with E-state index in [0.717, 1.165) is 12.2 Å². The van der Waals surface area contributed by atoms with E-state index in [2.05, 4.69) is 4.98 Å². The molecule has 0 aliphatic heterocycles. The van der Waals surface area contributed by atoms with E-state index < -0.39 is 9.05 Å². The van der Waals surface area contributed by atoms with E-state index in [1.807, 2.05) is 25.3 Å². The van der Waals surface area contributed by atoms with Crippen molar-refractivity contribution in [3.05, 3.63) is 12.0 Å². The van der Waals surface area contributed by atoms with E-state index in [0.29, 0.717) is 19.8 Å². The second kappa shape index (κ2) is 6.54. The molecule has 0 bridgehead atoms. The van der Waals surface area contributed by atoms with Crippen LogP contribution >= 0.6 is 10.7 Å². The summed E-state index contributed by atoms with van der Waals surface area (Å²) in [7, 11) is 1.54. The molecule has 0 aliphatic rings. The van der Waals surface area contributed by atoms with E-state index in [-0.39, 0.29) is 10.9 Å². The first-order chi connectivity index (χ1) is 8.36. The molecule has 1 rings (SSSR count). The van der Waals surface area contributed by atoms with Crippen LogP contribution in [0.3, 0.4) is 0 Å². The minimum Gasteiger partial charge on any atom is -0.382 e. The maximum atomic E-state index is 11.3. The molecule has 0 amide bonds. The van der Waals surface area contributed by atoms with Crippen molar-refractivity contribution in [3.63, 3.8) is 0 Å². The van der Waals surface area contributed by atoms with Gasteiger partial charge in [-0.15, -0.1) is 0 Å². The van der Waals surface area contributed by atoms with Gasteiger partial charge in [0.25, 0.3) is 9.05 Å². The van der Waals surface area contributed by atoms with Crippen LogP contribution < -0.4 is 0 Å². The molecule has 1 aromatic rings. The Labute approximate surface area is 113 Å². The molecule has 5 nitrogen and oxygen atoms in total. The Kier molecular flexibility index (Phi) is 5.62. The SMILES string of the molecule is CCOCCCn1cc(S(=O)(=O)Cl)nc1C(C)C. The summed E-state index contributed by atoms with van der Waals surface area (Å²) >= 11 is 0. The van der Waals surface area contributed by atoms with Crippen molar-refractivity contribution in [2.75, 3.05) is 13.2 Å². The van der Waals surface area contributed by atoms with Gasteiger partial charge in [-0.3, -0.25) is 0 Å². The largest absolute Gasteiger partial charge is 0.382 e. The Hall–Kier alpha value is -0.590. The Balaban J connectivity index is 2.85.